The number of carbonyl (C=O) groups is 2. The predicted octanol–water partition coefficient (Wildman–Crippen LogP) is 2.59. The van der Waals surface area contributed by atoms with Gasteiger partial charge in [-0.1, -0.05) is 36.4 Å². The molecule has 0 unspecified atom stereocenters. The van der Waals surface area contributed by atoms with E-state index in [4.69, 9.17) is 4.74 Å². The summed E-state index contributed by atoms with van der Waals surface area (Å²) in [5, 5.41) is 2.60. The molecule has 5 nitrogen and oxygen atoms in total. The molecule has 1 fully saturated rings. The van der Waals surface area contributed by atoms with Crippen LogP contribution in [0.3, 0.4) is 0 Å². The van der Waals surface area contributed by atoms with Crippen molar-refractivity contribution in [1.29, 1.82) is 0 Å². The van der Waals surface area contributed by atoms with Crippen LogP contribution in [-0.4, -0.2) is 36.5 Å². The molecule has 2 aromatic rings. The van der Waals surface area contributed by atoms with Crippen LogP contribution in [0.2, 0.25) is 0 Å². The molecule has 0 aliphatic carbocycles. The molecule has 5 heteroatoms. The van der Waals surface area contributed by atoms with E-state index in [1.165, 1.54) is 10.5 Å². The quantitative estimate of drug-likeness (QED) is 0.887. The van der Waals surface area contributed by atoms with Crippen molar-refractivity contribution in [3.63, 3.8) is 0 Å². The lowest BCUT2D eigenvalue weighted by Crippen LogP contribution is -2.62. The standard InChI is InChI=1S/C18H18N2O3/c1-12-5-3-4-6-15(12)13-7-9-14(10-8-13)23-18(22)20(2)16-11-19-17(16)21/h3-10,16H,11H2,1-2H3,(H,19,21)/t16-/m0/s1. The Morgan fingerprint density at radius 2 is 1.87 bits per heavy atom. The Balaban J connectivity index is 1.69. The van der Waals surface area contributed by atoms with E-state index in [1.54, 1.807) is 19.2 Å². The molecule has 118 valence electrons. The number of hydrogen-bond donors (Lipinski definition) is 1. The Kier molecular flexibility index (Phi) is 4.02. The van der Waals surface area contributed by atoms with Crippen molar-refractivity contribution in [3.8, 4) is 16.9 Å². The summed E-state index contributed by atoms with van der Waals surface area (Å²) in [4.78, 5) is 24.6. The van der Waals surface area contributed by atoms with E-state index >= 15 is 0 Å². The Morgan fingerprint density at radius 3 is 2.43 bits per heavy atom. The molecule has 0 saturated carbocycles. The summed E-state index contributed by atoms with van der Waals surface area (Å²) in [6, 6.07) is 15.0. The van der Waals surface area contributed by atoms with Gasteiger partial charge in [-0.15, -0.1) is 0 Å². The highest BCUT2D eigenvalue weighted by atomic mass is 16.6. The van der Waals surface area contributed by atoms with E-state index in [0.717, 1.165) is 11.1 Å². The maximum Gasteiger partial charge on any atom is 0.415 e. The van der Waals surface area contributed by atoms with Gasteiger partial charge in [0.05, 0.1) is 0 Å². The van der Waals surface area contributed by atoms with Gasteiger partial charge in [0.25, 0.3) is 0 Å². The highest BCUT2D eigenvalue weighted by Crippen LogP contribution is 2.25. The van der Waals surface area contributed by atoms with Crippen LogP contribution in [0.5, 0.6) is 5.75 Å². The van der Waals surface area contributed by atoms with Crippen molar-refractivity contribution in [2.75, 3.05) is 13.6 Å². The van der Waals surface area contributed by atoms with Gasteiger partial charge in [0, 0.05) is 13.6 Å². The summed E-state index contributed by atoms with van der Waals surface area (Å²) in [5.41, 5.74) is 3.40. The first-order valence-corrected chi connectivity index (χ1v) is 7.44. The molecule has 1 aliphatic rings. The number of ether oxygens (including phenoxy) is 1. The maximum absolute atomic E-state index is 12.0. The normalized spacial score (nSPS) is 16.3. The molecule has 1 saturated heterocycles. The van der Waals surface area contributed by atoms with E-state index in [2.05, 4.69) is 24.4 Å². The average Bonchev–Trinajstić information content (AvgIpc) is 2.54. The fourth-order valence-electron chi connectivity index (χ4n) is 2.49. The SMILES string of the molecule is Cc1ccccc1-c1ccc(OC(=O)N(C)[C@H]2CNC2=O)cc1. The third-order valence-electron chi connectivity index (χ3n) is 4.04. The average molecular weight is 310 g/mol. The Bertz CT molecular complexity index is 740. The number of nitrogens with one attached hydrogen (secondary N) is 1. The lowest BCUT2D eigenvalue weighted by atomic mass is 10.0. The summed E-state index contributed by atoms with van der Waals surface area (Å²) < 4.78 is 5.31. The van der Waals surface area contributed by atoms with Gasteiger partial charge in [0.2, 0.25) is 5.91 Å². The van der Waals surface area contributed by atoms with Crippen molar-refractivity contribution >= 4 is 12.0 Å². The lowest BCUT2D eigenvalue weighted by Gasteiger charge is -2.33. The zero-order valence-electron chi connectivity index (χ0n) is 13.1. The first kappa shape index (κ1) is 15.1. The minimum Gasteiger partial charge on any atom is -0.410 e. The Hall–Kier alpha value is -2.82. The summed E-state index contributed by atoms with van der Waals surface area (Å²) in [6.07, 6.45) is -0.534. The summed E-state index contributed by atoms with van der Waals surface area (Å²) in [5.74, 6) is 0.304. The van der Waals surface area contributed by atoms with Gasteiger partial charge in [0.15, 0.2) is 0 Å². The highest BCUT2D eigenvalue weighted by Gasteiger charge is 2.35. The number of likely N-dealkylation sites (N-methyl/N-ethyl adjacent to an activating group) is 1. The van der Waals surface area contributed by atoms with Gasteiger partial charge >= 0.3 is 6.09 Å². The molecule has 1 heterocycles. The second-order valence-electron chi connectivity index (χ2n) is 5.58. The molecule has 0 radical (unpaired) electrons. The van der Waals surface area contributed by atoms with Gasteiger partial charge in [0.1, 0.15) is 11.8 Å². The summed E-state index contributed by atoms with van der Waals surface area (Å²) in [6.45, 7) is 2.53. The number of hydrogen-bond acceptors (Lipinski definition) is 3. The van der Waals surface area contributed by atoms with Gasteiger partial charge in [-0.05, 0) is 35.7 Å². The molecule has 0 bridgehead atoms. The highest BCUT2D eigenvalue weighted by molar-refractivity contribution is 5.91. The number of benzene rings is 2. The minimum atomic E-state index is -0.534. The summed E-state index contributed by atoms with van der Waals surface area (Å²) in [7, 11) is 1.56. The van der Waals surface area contributed by atoms with Crippen molar-refractivity contribution in [2.24, 2.45) is 0 Å². The van der Waals surface area contributed by atoms with Crippen molar-refractivity contribution in [1.82, 2.24) is 10.2 Å². The fraction of sp³-hybridized carbons (Fsp3) is 0.222. The number of carbonyl (C=O) groups excluding carboxylic acids is 2. The Morgan fingerprint density at radius 1 is 1.17 bits per heavy atom. The van der Waals surface area contributed by atoms with E-state index in [0.29, 0.717) is 12.3 Å². The van der Waals surface area contributed by atoms with Crippen molar-refractivity contribution < 1.29 is 14.3 Å². The van der Waals surface area contributed by atoms with Gasteiger partial charge in [-0.3, -0.25) is 9.69 Å². The molecule has 0 spiro atoms. The van der Waals surface area contributed by atoms with E-state index in [-0.39, 0.29) is 5.91 Å². The van der Waals surface area contributed by atoms with Crippen LogP contribution in [0.15, 0.2) is 48.5 Å². The first-order valence-electron chi connectivity index (χ1n) is 7.44. The van der Waals surface area contributed by atoms with Gasteiger partial charge < -0.3 is 10.1 Å². The predicted molar refractivity (Wildman–Crippen MR) is 87.2 cm³/mol. The lowest BCUT2D eigenvalue weighted by molar-refractivity contribution is -0.131. The fourth-order valence-corrected chi connectivity index (χ4v) is 2.49. The zero-order chi connectivity index (χ0) is 16.4. The van der Waals surface area contributed by atoms with Crippen LogP contribution in [0, 0.1) is 6.92 Å². The molecule has 1 atom stereocenters. The molecule has 3 rings (SSSR count). The monoisotopic (exact) mass is 310 g/mol. The van der Waals surface area contributed by atoms with Crippen LogP contribution < -0.4 is 10.1 Å². The van der Waals surface area contributed by atoms with Crippen LogP contribution >= 0.6 is 0 Å². The van der Waals surface area contributed by atoms with Gasteiger partial charge in [-0.25, -0.2) is 4.79 Å². The van der Waals surface area contributed by atoms with E-state index < -0.39 is 12.1 Å². The second kappa shape index (κ2) is 6.12. The van der Waals surface area contributed by atoms with Crippen molar-refractivity contribution in [3.05, 3.63) is 54.1 Å². The number of β-lactam (4-membered cyclic amide) rings is 1. The molecule has 2 aromatic carbocycles. The van der Waals surface area contributed by atoms with Gasteiger partial charge in [-0.2, -0.15) is 0 Å². The third kappa shape index (κ3) is 3.04. The maximum atomic E-state index is 12.0. The first-order chi connectivity index (χ1) is 11.1. The molecule has 23 heavy (non-hydrogen) atoms. The number of aryl methyl sites for hydroxylation is 1. The molecular weight excluding hydrogens is 292 g/mol. The van der Waals surface area contributed by atoms with Crippen LogP contribution in [0.25, 0.3) is 11.1 Å². The molecule has 1 aliphatic heterocycles. The van der Waals surface area contributed by atoms with Crippen LogP contribution in [0.1, 0.15) is 5.56 Å². The second-order valence-corrected chi connectivity index (χ2v) is 5.58. The van der Waals surface area contributed by atoms with E-state index in [9.17, 15) is 9.59 Å². The number of amides is 2. The minimum absolute atomic E-state index is 0.153. The van der Waals surface area contributed by atoms with Crippen molar-refractivity contribution in [2.45, 2.75) is 13.0 Å². The number of nitrogens with zero attached hydrogens (tertiary/aromatic N) is 1. The molecule has 1 N–H and O–H groups in total. The van der Waals surface area contributed by atoms with Crippen LogP contribution in [-0.2, 0) is 4.79 Å². The Labute approximate surface area is 134 Å². The number of rotatable bonds is 3. The molecular formula is C18H18N2O3. The summed E-state index contributed by atoms with van der Waals surface area (Å²) >= 11 is 0. The van der Waals surface area contributed by atoms with E-state index in [1.807, 2.05) is 24.3 Å². The smallest absolute Gasteiger partial charge is 0.410 e. The largest absolute Gasteiger partial charge is 0.415 e. The molecule has 2 amide bonds. The topological polar surface area (TPSA) is 58.6 Å². The van der Waals surface area contributed by atoms with Crippen LogP contribution in [0.4, 0.5) is 4.79 Å². The third-order valence-corrected chi connectivity index (χ3v) is 4.04. The molecule has 0 aromatic heterocycles. The zero-order valence-corrected chi connectivity index (χ0v) is 13.1.